The normalized spacial score (nSPS) is 11.6. The van der Waals surface area contributed by atoms with Gasteiger partial charge in [-0.15, -0.1) is 0 Å². The highest BCUT2D eigenvalue weighted by Gasteiger charge is 2.04. The van der Waals surface area contributed by atoms with Crippen molar-refractivity contribution < 1.29 is 10.2 Å². The van der Waals surface area contributed by atoms with E-state index in [1.54, 1.807) is 25.2 Å². The summed E-state index contributed by atoms with van der Waals surface area (Å²) in [7, 11) is 1.75. The van der Waals surface area contributed by atoms with Crippen molar-refractivity contribution in [3.63, 3.8) is 0 Å². The molecule has 0 aromatic heterocycles. The Labute approximate surface area is 94.3 Å². The highest BCUT2D eigenvalue weighted by molar-refractivity contribution is 5.63. The van der Waals surface area contributed by atoms with Crippen molar-refractivity contribution in [2.24, 2.45) is 0 Å². The SMILES string of the molecule is CNc1ccc(NCC(O)CO)cc1C#N. The second kappa shape index (κ2) is 5.95. The Hall–Kier alpha value is -1.77. The zero-order valence-corrected chi connectivity index (χ0v) is 9.07. The maximum absolute atomic E-state index is 9.16. The average molecular weight is 221 g/mol. The third-order valence-corrected chi connectivity index (χ3v) is 2.16. The molecule has 1 unspecified atom stereocenters. The number of nitriles is 1. The molecule has 0 saturated heterocycles. The van der Waals surface area contributed by atoms with E-state index in [1.165, 1.54) is 0 Å². The minimum atomic E-state index is -0.797. The molecular weight excluding hydrogens is 206 g/mol. The molecule has 0 fully saturated rings. The van der Waals surface area contributed by atoms with E-state index in [9.17, 15) is 0 Å². The second-order valence-corrected chi connectivity index (χ2v) is 3.34. The van der Waals surface area contributed by atoms with Gasteiger partial charge in [-0.25, -0.2) is 0 Å². The van der Waals surface area contributed by atoms with E-state index in [1.807, 2.05) is 0 Å². The van der Waals surface area contributed by atoms with Crippen molar-refractivity contribution in [2.45, 2.75) is 6.10 Å². The molecule has 1 rings (SSSR count). The monoisotopic (exact) mass is 221 g/mol. The minimum absolute atomic E-state index is 0.250. The number of aliphatic hydroxyl groups is 2. The van der Waals surface area contributed by atoms with Gasteiger partial charge >= 0.3 is 0 Å². The Bertz CT molecular complexity index is 387. The molecule has 5 nitrogen and oxygen atoms in total. The number of aliphatic hydroxyl groups excluding tert-OH is 2. The van der Waals surface area contributed by atoms with Gasteiger partial charge < -0.3 is 20.8 Å². The maximum Gasteiger partial charge on any atom is 0.101 e. The average Bonchev–Trinajstić information content (AvgIpc) is 2.35. The van der Waals surface area contributed by atoms with E-state index < -0.39 is 6.10 Å². The third-order valence-electron chi connectivity index (χ3n) is 2.16. The summed E-state index contributed by atoms with van der Waals surface area (Å²) >= 11 is 0. The van der Waals surface area contributed by atoms with Crippen LogP contribution in [0.5, 0.6) is 0 Å². The highest BCUT2D eigenvalue weighted by atomic mass is 16.3. The van der Waals surface area contributed by atoms with Gasteiger partial charge in [-0.1, -0.05) is 0 Å². The van der Waals surface area contributed by atoms with Gasteiger partial charge in [0.15, 0.2) is 0 Å². The summed E-state index contributed by atoms with van der Waals surface area (Å²) < 4.78 is 0. The molecule has 5 heteroatoms. The fourth-order valence-corrected chi connectivity index (χ4v) is 1.26. The molecule has 16 heavy (non-hydrogen) atoms. The molecule has 86 valence electrons. The Morgan fingerprint density at radius 2 is 2.25 bits per heavy atom. The van der Waals surface area contributed by atoms with Crippen LogP contribution in [0.1, 0.15) is 5.56 Å². The van der Waals surface area contributed by atoms with Gasteiger partial charge in [-0.05, 0) is 18.2 Å². The van der Waals surface area contributed by atoms with Crippen LogP contribution in [0, 0.1) is 11.3 Å². The molecule has 0 saturated carbocycles. The van der Waals surface area contributed by atoms with E-state index in [4.69, 9.17) is 15.5 Å². The van der Waals surface area contributed by atoms with E-state index >= 15 is 0 Å². The molecule has 0 spiro atoms. The highest BCUT2D eigenvalue weighted by Crippen LogP contribution is 2.19. The van der Waals surface area contributed by atoms with Crippen molar-refractivity contribution in [3.05, 3.63) is 23.8 Å². The van der Waals surface area contributed by atoms with Crippen LogP contribution in [-0.4, -0.2) is 36.5 Å². The zero-order chi connectivity index (χ0) is 12.0. The first-order valence-corrected chi connectivity index (χ1v) is 4.96. The number of rotatable bonds is 5. The number of anilines is 2. The molecular formula is C11H15N3O2. The quantitative estimate of drug-likeness (QED) is 0.577. The first-order chi connectivity index (χ1) is 7.71. The standard InChI is InChI=1S/C11H15N3O2/c1-13-11-3-2-9(4-8(11)5-12)14-6-10(16)7-15/h2-4,10,13-16H,6-7H2,1H3. The van der Waals surface area contributed by atoms with E-state index in [0.29, 0.717) is 5.56 Å². The Morgan fingerprint density at radius 1 is 1.50 bits per heavy atom. The lowest BCUT2D eigenvalue weighted by molar-refractivity contribution is 0.105. The topological polar surface area (TPSA) is 88.3 Å². The summed E-state index contributed by atoms with van der Waals surface area (Å²) in [5.74, 6) is 0. The van der Waals surface area contributed by atoms with Crippen LogP contribution in [0.25, 0.3) is 0 Å². The lowest BCUT2D eigenvalue weighted by atomic mass is 10.1. The predicted molar refractivity (Wildman–Crippen MR) is 62.3 cm³/mol. The molecule has 4 N–H and O–H groups in total. The van der Waals surface area contributed by atoms with Gasteiger partial charge in [0.1, 0.15) is 6.07 Å². The van der Waals surface area contributed by atoms with Gasteiger partial charge in [0.05, 0.1) is 24.0 Å². The van der Waals surface area contributed by atoms with E-state index in [0.717, 1.165) is 11.4 Å². The first kappa shape index (κ1) is 12.3. The third kappa shape index (κ3) is 3.12. The molecule has 0 aliphatic heterocycles. The van der Waals surface area contributed by atoms with E-state index in [2.05, 4.69) is 16.7 Å². The number of nitrogens with zero attached hydrogens (tertiary/aromatic N) is 1. The second-order valence-electron chi connectivity index (χ2n) is 3.34. The van der Waals surface area contributed by atoms with Crippen molar-refractivity contribution in [3.8, 4) is 6.07 Å². The van der Waals surface area contributed by atoms with E-state index in [-0.39, 0.29) is 13.2 Å². The zero-order valence-electron chi connectivity index (χ0n) is 9.07. The summed E-state index contributed by atoms with van der Waals surface area (Å²) in [4.78, 5) is 0. The van der Waals surface area contributed by atoms with Crippen molar-refractivity contribution in [2.75, 3.05) is 30.8 Å². The molecule has 0 aliphatic carbocycles. The van der Waals surface area contributed by atoms with Gasteiger partial charge in [0, 0.05) is 19.3 Å². The maximum atomic E-state index is 9.16. The lowest BCUT2D eigenvalue weighted by Gasteiger charge is -2.11. The number of nitrogens with one attached hydrogen (secondary N) is 2. The minimum Gasteiger partial charge on any atom is -0.394 e. The summed E-state index contributed by atoms with van der Waals surface area (Å²) in [5, 5.41) is 32.5. The molecule has 1 aromatic rings. The van der Waals surface area contributed by atoms with Crippen molar-refractivity contribution >= 4 is 11.4 Å². The lowest BCUT2D eigenvalue weighted by Crippen LogP contribution is -2.22. The van der Waals surface area contributed by atoms with Crippen LogP contribution in [0.4, 0.5) is 11.4 Å². The number of hydrogen-bond donors (Lipinski definition) is 4. The smallest absolute Gasteiger partial charge is 0.101 e. The molecule has 0 aliphatic rings. The van der Waals surface area contributed by atoms with Crippen molar-refractivity contribution in [1.29, 1.82) is 5.26 Å². The Morgan fingerprint density at radius 3 is 2.81 bits per heavy atom. The summed E-state index contributed by atoms with van der Waals surface area (Å²) in [6.07, 6.45) is -0.797. The van der Waals surface area contributed by atoms with Gasteiger partial charge in [-0.2, -0.15) is 5.26 Å². The molecule has 0 radical (unpaired) electrons. The molecule has 0 bridgehead atoms. The first-order valence-electron chi connectivity index (χ1n) is 4.96. The van der Waals surface area contributed by atoms with Gasteiger partial charge in [0.25, 0.3) is 0 Å². The fourth-order valence-electron chi connectivity index (χ4n) is 1.26. The fraction of sp³-hybridized carbons (Fsp3) is 0.364. The summed E-state index contributed by atoms with van der Waals surface area (Å²) in [6.45, 7) is -0.0347. The van der Waals surface area contributed by atoms with Crippen LogP contribution in [-0.2, 0) is 0 Å². The van der Waals surface area contributed by atoms with Gasteiger partial charge in [0.2, 0.25) is 0 Å². The van der Waals surface area contributed by atoms with Crippen LogP contribution in [0.3, 0.4) is 0 Å². The largest absolute Gasteiger partial charge is 0.394 e. The molecule has 1 aromatic carbocycles. The number of hydrogen-bond acceptors (Lipinski definition) is 5. The van der Waals surface area contributed by atoms with Gasteiger partial charge in [-0.3, -0.25) is 0 Å². The van der Waals surface area contributed by atoms with Crippen LogP contribution in [0.2, 0.25) is 0 Å². The number of benzene rings is 1. The van der Waals surface area contributed by atoms with Crippen LogP contribution < -0.4 is 10.6 Å². The molecule has 1 atom stereocenters. The molecule has 0 amide bonds. The van der Waals surface area contributed by atoms with Crippen LogP contribution >= 0.6 is 0 Å². The predicted octanol–water partition coefficient (Wildman–Crippen LogP) is 0.365. The Kier molecular flexibility index (Phi) is 4.58. The van der Waals surface area contributed by atoms with Crippen LogP contribution in [0.15, 0.2) is 18.2 Å². The van der Waals surface area contributed by atoms with Crippen molar-refractivity contribution in [1.82, 2.24) is 0 Å². The summed E-state index contributed by atoms with van der Waals surface area (Å²) in [6, 6.07) is 7.35. The molecule has 0 heterocycles. The summed E-state index contributed by atoms with van der Waals surface area (Å²) in [5.41, 5.74) is 2.03. The Balaban J connectivity index is 2.72.